The van der Waals surface area contributed by atoms with Crippen LogP contribution in [0.5, 0.6) is 0 Å². The van der Waals surface area contributed by atoms with Gasteiger partial charge in [0, 0.05) is 19.1 Å². The van der Waals surface area contributed by atoms with Gasteiger partial charge in [0.1, 0.15) is 4.90 Å². The molecule has 132 valence electrons. The van der Waals surface area contributed by atoms with E-state index in [1.165, 1.54) is 12.1 Å². The van der Waals surface area contributed by atoms with Gasteiger partial charge in [-0.15, -0.1) is 0 Å². The van der Waals surface area contributed by atoms with Crippen LogP contribution in [0.2, 0.25) is 10.0 Å². The fourth-order valence-corrected chi connectivity index (χ4v) is 4.92. The lowest BCUT2D eigenvalue weighted by Gasteiger charge is -2.30. The second-order valence-electron chi connectivity index (χ2n) is 6.63. The van der Waals surface area contributed by atoms with Crippen molar-refractivity contribution in [2.75, 3.05) is 13.1 Å². The number of benzene rings is 1. The summed E-state index contributed by atoms with van der Waals surface area (Å²) in [7, 11) is -3.75. The molecule has 2 fully saturated rings. The standard InChI is InChI=1S/C16H20Cl2N2O3S/c1-10-4-6-20(7-5-10)16(21)12-8-15(14(18)9-13(12)17)24(22,23)19-11-2-3-11/h8-11,19H,2-7H2,1H3. The molecule has 1 amide bonds. The van der Waals surface area contributed by atoms with Crippen molar-refractivity contribution in [2.45, 2.75) is 43.5 Å². The average molecular weight is 391 g/mol. The number of halogens is 2. The smallest absolute Gasteiger partial charge is 0.255 e. The number of rotatable bonds is 4. The number of sulfonamides is 1. The lowest BCUT2D eigenvalue weighted by Crippen LogP contribution is -2.38. The summed E-state index contributed by atoms with van der Waals surface area (Å²) >= 11 is 12.2. The largest absolute Gasteiger partial charge is 0.339 e. The van der Waals surface area contributed by atoms with E-state index in [2.05, 4.69) is 11.6 Å². The zero-order valence-electron chi connectivity index (χ0n) is 13.4. The molecule has 0 aromatic heterocycles. The molecule has 3 rings (SSSR count). The number of nitrogens with one attached hydrogen (secondary N) is 1. The van der Waals surface area contributed by atoms with Gasteiger partial charge in [0.25, 0.3) is 5.91 Å². The Hall–Kier alpha value is -0.820. The average Bonchev–Trinajstić information content (AvgIpc) is 3.30. The monoisotopic (exact) mass is 390 g/mol. The van der Waals surface area contributed by atoms with E-state index in [0.717, 1.165) is 25.7 Å². The first-order valence-electron chi connectivity index (χ1n) is 8.08. The number of carbonyl (C=O) groups is 1. The minimum absolute atomic E-state index is 0.0250. The number of nitrogens with zero attached hydrogens (tertiary/aromatic N) is 1. The van der Waals surface area contributed by atoms with Crippen molar-refractivity contribution in [3.05, 3.63) is 27.7 Å². The maximum Gasteiger partial charge on any atom is 0.255 e. The molecule has 1 aromatic rings. The maximum absolute atomic E-state index is 12.7. The zero-order chi connectivity index (χ0) is 17.5. The summed E-state index contributed by atoms with van der Waals surface area (Å²) in [6.07, 6.45) is 3.51. The van der Waals surface area contributed by atoms with Crippen LogP contribution in [0.3, 0.4) is 0 Å². The number of amides is 1. The highest BCUT2D eigenvalue weighted by molar-refractivity contribution is 7.89. The van der Waals surface area contributed by atoms with Crippen molar-refractivity contribution < 1.29 is 13.2 Å². The Morgan fingerprint density at radius 1 is 1.12 bits per heavy atom. The van der Waals surface area contributed by atoms with Gasteiger partial charge in [0.15, 0.2) is 0 Å². The van der Waals surface area contributed by atoms with Crippen molar-refractivity contribution in [2.24, 2.45) is 5.92 Å². The molecule has 8 heteroatoms. The third-order valence-electron chi connectivity index (χ3n) is 4.51. The predicted octanol–water partition coefficient (Wildman–Crippen LogP) is 3.31. The van der Waals surface area contributed by atoms with E-state index in [-0.39, 0.29) is 32.5 Å². The first-order valence-corrected chi connectivity index (χ1v) is 10.3. The van der Waals surface area contributed by atoms with Gasteiger partial charge < -0.3 is 4.90 Å². The Morgan fingerprint density at radius 2 is 1.75 bits per heavy atom. The van der Waals surface area contributed by atoms with Crippen molar-refractivity contribution in [1.29, 1.82) is 0 Å². The van der Waals surface area contributed by atoms with Crippen molar-refractivity contribution in [3.63, 3.8) is 0 Å². The summed E-state index contributed by atoms with van der Waals surface area (Å²) < 4.78 is 27.5. The van der Waals surface area contributed by atoms with Crippen LogP contribution >= 0.6 is 23.2 Å². The highest BCUT2D eigenvalue weighted by Crippen LogP contribution is 2.32. The zero-order valence-corrected chi connectivity index (χ0v) is 15.7. The third-order valence-corrected chi connectivity index (χ3v) is 6.81. The van der Waals surface area contributed by atoms with E-state index in [1.54, 1.807) is 4.90 Å². The highest BCUT2D eigenvalue weighted by Gasteiger charge is 2.31. The molecular formula is C16H20Cl2N2O3S. The normalized spacial score (nSPS) is 19.5. The van der Waals surface area contributed by atoms with Gasteiger partial charge in [-0.05, 0) is 43.7 Å². The van der Waals surface area contributed by atoms with E-state index >= 15 is 0 Å². The topological polar surface area (TPSA) is 66.5 Å². The van der Waals surface area contributed by atoms with E-state index < -0.39 is 10.0 Å². The first-order chi connectivity index (χ1) is 11.3. The van der Waals surface area contributed by atoms with Crippen LogP contribution in [-0.2, 0) is 10.0 Å². The summed E-state index contributed by atoms with van der Waals surface area (Å²) in [5.74, 6) is 0.347. The van der Waals surface area contributed by atoms with Gasteiger partial charge in [-0.3, -0.25) is 4.79 Å². The summed E-state index contributed by atoms with van der Waals surface area (Å²) in [6, 6.07) is 2.60. The molecule has 0 bridgehead atoms. The van der Waals surface area contributed by atoms with Crippen molar-refractivity contribution in [1.82, 2.24) is 9.62 Å². The van der Waals surface area contributed by atoms with Crippen LogP contribution in [0.1, 0.15) is 43.0 Å². The predicted molar refractivity (Wildman–Crippen MR) is 94.1 cm³/mol. The van der Waals surface area contributed by atoms with Crippen LogP contribution in [0.4, 0.5) is 0 Å². The number of hydrogen-bond donors (Lipinski definition) is 1. The SMILES string of the molecule is CC1CCN(C(=O)c2cc(S(=O)(=O)NC3CC3)c(Cl)cc2Cl)CC1. The summed E-state index contributed by atoms with van der Waals surface area (Å²) in [5, 5.41) is 0.200. The summed E-state index contributed by atoms with van der Waals surface area (Å²) in [6.45, 7) is 3.47. The van der Waals surface area contributed by atoms with Gasteiger partial charge in [0.05, 0.1) is 15.6 Å². The number of hydrogen-bond acceptors (Lipinski definition) is 3. The van der Waals surface area contributed by atoms with Gasteiger partial charge >= 0.3 is 0 Å². The van der Waals surface area contributed by atoms with Gasteiger partial charge in [-0.2, -0.15) is 0 Å². The van der Waals surface area contributed by atoms with E-state index in [0.29, 0.717) is 19.0 Å². The minimum Gasteiger partial charge on any atom is -0.339 e. The second kappa shape index (κ2) is 6.83. The van der Waals surface area contributed by atoms with Crippen molar-refractivity contribution >= 4 is 39.1 Å². The lowest BCUT2D eigenvalue weighted by atomic mass is 9.98. The van der Waals surface area contributed by atoms with Crippen LogP contribution < -0.4 is 4.72 Å². The Balaban J connectivity index is 1.90. The molecule has 1 aliphatic heterocycles. The molecule has 1 aromatic carbocycles. The molecule has 24 heavy (non-hydrogen) atoms. The quantitative estimate of drug-likeness (QED) is 0.857. The minimum atomic E-state index is -3.75. The number of carbonyl (C=O) groups excluding carboxylic acids is 1. The molecule has 1 N–H and O–H groups in total. The third kappa shape index (κ3) is 3.87. The van der Waals surface area contributed by atoms with Crippen molar-refractivity contribution in [3.8, 4) is 0 Å². The molecule has 0 spiro atoms. The fourth-order valence-electron chi connectivity index (χ4n) is 2.77. The summed E-state index contributed by atoms with van der Waals surface area (Å²) in [4.78, 5) is 14.4. The molecule has 1 saturated carbocycles. The Labute approximate surface area is 152 Å². The molecular weight excluding hydrogens is 371 g/mol. The molecule has 0 unspecified atom stereocenters. The molecule has 0 radical (unpaired) electrons. The summed E-state index contributed by atoms with van der Waals surface area (Å²) in [5.41, 5.74) is 0.187. The van der Waals surface area contributed by atoms with E-state index in [9.17, 15) is 13.2 Å². The van der Waals surface area contributed by atoms with Crippen LogP contribution in [-0.4, -0.2) is 38.4 Å². The maximum atomic E-state index is 12.7. The van der Waals surface area contributed by atoms with Gasteiger partial charge in [-0.25, -0.2) is 13.1 Å². The first kappa shape index (κ1) is 18.0. The molecule has 1 saturated heterocycles. The van der Waals surface area contributed by atoms with Crippen LogP contribution in [0.15, 0.2) is 17.0 Å². The van der Waals surface area contributed by atoms with E-state index in [4.69, 9.17) is 23.2 Å². The van der Waals surface area contributed by atoms with Gasteiger partial charge in [-0.1, -0.05) is 30.1 Å². The second-order valence-corrected chi connectivity index (χ2v) is 9.13. The molecule has 1 heterocycles. The Morgan fingerprint density at radius 3 is 2.33 bits per heavy atom. The molecule has 1 aliphatic carbocycles. The fraction of sp³-hybridized carbons (Fsp3) is 0.562. The Bertz CT molecular complexity index is 755. The molecule has 0 atom stereocenters. The number of piperidine rings is 1. The Kier molecular flexibility index (Phi) is 5.12. The van der Waals surface area contributed by atoms with Gasteiger partial charge in [0.2, 0.25) is 10.0 Å². The highest BCUT2D eigenvalue weighted by atomic mass is 35.5. The molecule has 5 nitrogen and oxygen atoms in total. The lowest BCUT2D eigenvalue weighted by molar-refractivity contribution is 0.0697. The number of likely N-dealkylation sites (tertiary alicyclic amines) is 1. The van der Waals surface area contributed by atoms with Crippen LogP contribution in [0, 0.1) is 5.92 Å². The van der Waals surface area contributed by atoms with E-state index in [1.807, 2.05) is 0 Å². The molecule has 2 aliphatic rings. The van der Waals surface area contributed by atoms with Crippen LogP contribution in [0.25, 0.3) is 0 Å².